The first-order valence-electron chi connectivity index (χ1n) is 9.08. The van der Waals surface area contributed by atoms with Gasteiger partial charge in [-0.3, -0.25) is 9.00 Å². The van der Waals surface area contributed by atoms with Crippen LogP contribution in [0.2, 0.25) is 0 Å². The summed E-state index contributed by atoms with van der Waals surface area (Å²) in [6.07, 6.45) is 0.0932. The van der Waals surface area contributed by atoms with Crippen molar-refractivity contribution in [1.82, 2.24) is 13.6 Å². The van der Waals surface area contributed by atoms with Crippen LogP contribution in [0.1, 0.15) is 16.9 Å². The molecule has 3 rings (SSSR count). The van der Waals surface area contributed by atoms with Gasteiger partial charge in [0.25, 0.3) is 11.8 Å². The average molecular weight is 515 g/mol. The van der Waals surface area contributed by atoms with Crippen LogP contribution in [0.4, 0.5) is 27.6 Å². The summed E-state index contributed by atoms with van der Waals surface area (Å²) < 4.78 is 120. The summed E-state index contributed by atoms with van der Waals surface area (Å²) in [5, 5.41) is 2.08. The van der Waals surface area contributed by atoms with E-state index >= 15 is 0 Å². The number of carbonyl (C=O) groups is 1. The summed E-state index contributed by atoms with van der Waals surface area (Å²) in [6.45, 7) is -1.66. The molecule has 9 nitrogen and oxygen atoms in total. The van der Waals surface area contributed by atoms with Crippen LogP contribution in [0.25, 0.3) is 0 Å². The second-order valence-electron chi connectivity index (χ2n) is 7.15. The fraction of sp³-hybridized carbons (Fsp3) is 0.353. The Balaban J connectivity index is 1.83. The number of rotatable bonds is 6. The highest BCUT2D eigenvalue weighted by Gasteiger charge is 2.47. The van der Waals surface area contributed by atoms with Crippen molar-refractivity contribution in [1.29, 1.82) is 0 Å². The SMILES string of the molecule is Cn1cc(S(=O)(=O)NC2CCN(S(=O)[O-])CC2(F)F)c(F)c1C(=O)Nc1ccc(F)c(F)c1. The molecule has 16 heteroatoms. The van der Waals surface area contributed by atoms with E-state index in [1.54, 1.807) is 4.72 Å². The molecule has 0 bridgehead atoms. The monoisotopic (exact) mass is 515 g/mol. The van der Waals surface area contributed by atoms with E-state index in [-0.39, 0.29) is 5.69 Å². The predicted molar refractivity (Wildman–Crippen MR) is 104 cm³/mol. The predicted octanol–water partition coefficient (Wildman–Crippen LogP) is 1.48. The van der Waals surface area contributed by atoms with E-state index in [0.717, 1.165) is 17.7 Å². The third-order valence-corrected chi connectivity index (χ3v) is 7.03. The summed E-state index contributed by atoms with van der Waals surface area (Å²) in [7, 11) is -3.80. The number of alkyl halides is 2. The number of aromatic nitrogens is 1. The van der Waals surface area contributed by atoms with Crippen LogP contribution < -0.4 is 10.0 Å². The molecule has 0 aliphatic carbocycles. The smallest absolute Gasteiger partial charge is 0.277 e. The van der Waals surface area contributed by atoms with Gasteiger partial charge in [0.2, 0.25) is 10.0 Å². The van der Waals surface area contributed by atoms with Gasteiger partial charge in [-0.05, 0) is 18.6 Å². The largest absolute Gasteiger partial charge is 0.760 e. The lowest BCUT2D eigenvalue weighted by Gasteiger charge is -2.38. The summed E-state index contributed by atoms with van der Waals surface area (Å²) in [5.74, 6) is -9.05. The van der Waals surface area contributed by atoms with Gasteiger partial charge in [0, 0.05) is 42.8 Å². The van der Waals surface area contributed by atoms with Gasteiger partial charge in [-0.2, -0.15) is 0 Å². The molecular formula is C17H16F5N4O5S2-. The Hall–Kier alpha value is -2.40. The lowest BCUT2D eigenvalue weighted by atomic mass is 10.0. The molecule has 2 unspecified atom stereocenters. The Kier molecular flexibility index (Phi) is 6.95. The van der Waals surface area contributed by atoms with Crippen molar-refractivity contribution in [2.24, 2.45) is 7.05 Å². The average Bonchev–Trinajstić information content (AvgIpc) is 3.01. The van der Waals surface area contributed by atoms with Gasteiger partial charge in [0.15, 0.2) is 17.5 Å². The minimum atomic E-state index is -4.91. The van der Waals surface area contributed by atoms with Gasteiger partial charge >= 0.3 is 0 Å². The molecule has 2 heterocycles. The molecule has 182 valence electrons. The molecule has 2 N–H and O–H groups in total. The standard InChI is InChI=1S/C17H17F5N4O5S2/c1-25-7-12(14(20)15(25)16(27)23-9-2-3-10(18)11(19)6-9)33(30,31)24-13-4-5-26(32(28)29)8-17(13,21)22/h2-3,6-7,13,24H,4-5,8H2,1H3,(H,23,27)(H,28,29)/p-1. The first-order chi connectivity index (χ1) is 15.2. The second-order valence-corrected chi connectivity index (χ2v) is 9.79. The topological polar surface area (TPSA) is 124 Å². The van der Waals surface area contributed by atoms with Gasteiger partial charge in [-0.25, -0.2) is 39.4 Å². The molecule has 0 saturated carbocycles. The Morgan fingerprint density at radius 2 is 1.91 bits per heavy atom. The maximum atomic E-state index is 14.9. The third-order valence-electron chi connectivity index (χ3n) is 4.84. The van der Waals surface area contributed by atoms with Gasteiger partial charge in [0.05, 0.1) is 12.6 Å². The summed E-state index contributed by atoms with van der Waals surface area (Å²) in [6, 6.07) is 0.289. The number of halogens is 5. The zero-order valence-electron chi connectivity index (χ0n) is 16.7. The third kappa shape index (κ3) is 5.24. The minimum absolute atomic E-state index is 0.246. The van der Waals surface area contributed by atoms with Crippen molar-refractivity contribution in [3.8, 4) is 0 Å². The number of hydrogen-bond acceptors (Lipinski definition) is 5. The molecule has 2 atom stereocenters. The summed E-state index contributed by atoms with van der Waals surface area (Å²) in [4.78, 5) is 11.3. The number of nitrogens with zero attached hydrogens (tertiary/aromatic N) is 2. The maximum Gasteiger partial charge on any atom is 0.277 e. The van der Waals surface area contributed by atoms with E-state index in [2.05, 4.69) is 5.32 Å². The minimum Gasteiger partial charge on any atom is -0.760 e. The first-order valence-corrected chi connectivity index (χ1v) is 11.6. The molecule has 1 fully saturated rings. The molecule has 33 heavy (non-hydrogen) atoms. The molecule has 0 radical (unpaired) electrons. The molecule has 1 amide bonds. The highest BCUT2D eigenvalue weighted by Crippen LogP contribution is 2.30. The first kappa shape index (κ1) is 25.2. The van der Waals surface area contributed by atoms with Gasteiger partial charge < -0.3 is 14.4 Å². The molecule has 1 aliphatic rings. The van der Waals surface area contributed by atoms with E-state index < -0.39 is 86.7 Å². The van der Waals surface area contributed by atoms with Crippen molar-refractivity contribution in [3.05, 3.63) is 47.5 Å². The van der Waals surface area contributed by atoms with Crippen LogP contribution in [-0.2, 0) is 28.3 Å². The fourth-order valence-corrected chi connectivity index (χ4v) is 5.17. The lowest BCUT2D eigenvalue weighted by molar-refractivity contribution is -0.0657. The van der Waals surface area contributed by atoms with Crippen LogP contribution in [0.3, 0.4) is 0 Å². The zero-order chi connectivity index (χ0) is 24.7. The summed E-state index contributed by atoms with van der Waals surface area (Å²) in [5.41, 5.74) is -1.06. The molecule has 1 saturated heterocycles. The number of sulfonamides is 1. The number of benzene rings is 1. The van der Waals surface area contributed by atoms with Gasteiger partial charge in [0.1, 0.15) is 10.6 Å². The van der Waals surface area contributed by atoms with E-state index in [4.69, 9.17) is 0 Å². The molecule has 1 aromatic carbocycles. The zero-order valence-corrected chi connectivity index (χ0v) is 18.3. The molecular weight excluding hydrogens is 499 g/mol. The van der Waals surface area contributed by atoms with E-state index in [1.165, 1.54) is 0 Å². The Bertz CT molecular complexity index is 1220. The number of hydrogen-bond donors (Lipinski definition) is 2. The van der Waals surface area contributed by atoms with Crippen LogP contribution in [0, 0.1) is 17.5 Å². The van der Waals surface area contributed by atoms with Crippen LogP contribution in [-0.4, -0.2) is 57.0 Å². The van der Waals surface area contributed by atoms with E-state index in [9.17, 15) is 43.9 Å². The van der Waals surface area contributed by atoms with E-state index in [1.807, 2.05) is 0 Å². The molecule has 1 aromatic heterocycles. The number of aryl methyl sites for hydroxylation is 1. The lowest BCUT2D eigenvalue weighted by Crippen LogP contribution is -2.58. The normalized spacial score (nSPS) is 19.9. The quantitative estimate of drug-likeness (QED) is 0.446. The molecule has 2 aromatic rings. The highest BCUT2D eigenvalue weighted by molar-refractivity contribution is 7.89. The van der Waals surface area contributed by atoms with Crippen molar-refractivity contribution < 1.29 is 43.9 Å². The molecule has 1 aliphatic heterocycles. The Morgan fingerprint density at radius 3 is 2.48 bits per heavy atom. The van der Waals surface area contributed by atoms with Crippen LogP contribution in [0.15, 0.2) is 29.3 Å². The Labute approximate surface area is 187 Å². The van der Waals surface area contributed by atoms with Crippen molar-refractivity contribution in [2.75, 3.05) is 18.4 Å². The number of piperidine rings is 1. The van der Waals surface area contributed by atoms with E-state index in [0.29, 0.717) is 22.6 Å². The van der Waals surface area contributed by atoms with Gasteiger partial charge in [-0.1, -0.05) is 0 Å². The van der Waals surface area contributed by atoms with Crippen LogP contribution in [0.5, 0.6) is 0 Å². The number of carbonyl (C=O) groups excluding carboxylic acids is 1. The van der Waals surface area contributed by atoms with Crippen molar-refractivity contribution >= 4 is 32.9 Å². The van der Waals surface area contributed by atoms with Crippen LogP contribution >= 0.6 is 0 Å². The number of nitrogens with one attached hydrogen (secondary N) is 2. The molecule has 0 spiro atoms. The Morgan fingerprint density at radius 1 is 1.24 bits per heavy atom. The van der Waals surface area contributed by atoms with Crippen molar-refractivity contribution in [3.63, 3.8) is 0 Å². The highest BCUT2D eigenvalue weighted by atomic mass is 32.2. The second kappa shape index (κ2) is 9.09. The summed E-state index contributed by atoms with van der Waals surface area (Å²) >= 11 is -2.93. The number of amides is 1. The van der Waals surface area contributed by atoms with Crippen molar-refractivity contribution in [2.45, 2.75) is 23.3 Å². The number of anilines is 1. The fourth-order valence-electron chi connectivity index (χ4n) is 3.21. The maximum absolute atomic E-state index is 14.9. The van der Waals surface area contributed by atoms with Gasteiger partial charge in [-0.15, -0.1) is 0 Å².